The van der Waals surface area contributed by atoms with E-state index in [4.69, 9.17) is 0 Å². The van der Waals surface area contributed by atoms with Crippen molar-refractivity contribution in [1.29, 1.82) is 0 Å². The fraction of sp³-hybridized carbons (Fsp3) is 0.0455. The number of allylic oxidation sites excluding steroid dienone is 1. The van der Waals surface area contributed by atoms with Crippen molar-refractivity contribution in [1.82, 2.24) is 4.31 Å². The fourth-order valence-corrected chi connectivity index (χ4v) is 4.69. The highest BCUT2D eigenvalue weighted by molar-refractivity contribution is 7.89. The molecule has 3 aromatic rings. The van der Waals surface area contributed by atoms with E-state index in [1.54, 1.807) is 42.5 Å². The number of likely N-dealkylation sites (N-methyl/N-ethyl adjacent to an activating group) is 1. The van der Waals surface area contributed by atoms with Gasteiger partial charge in [0.25, 0.3) is 10.0 Å². The summed E-state index contributed by atoms with van der Waals surface area (Å²) in [6.45, 7) is 0. The summed E-state index contributed by atoms with van der Waals surface area (Å²) in [5.74, 6) is -1.39. The zero-order valence-corrected chi connectivity index (χ0v) is 16.2. The van der Waals surface area contributed by atoms with E-state index in [9.17, 15) is 22.7 Å². The van der Waals surface area contributed by atoms with E-state index in [2.05, 4.69) is 0 Å². The van der Waals surface area contributed by atoms with Crippen LogP contribution in [0.4, 0.5) is 4.39 Å². The van der Waals surface area contributed by atoms with Crippen molar-refractivity contribution in [2.75, 3.05) is 7.05 Å². The summed E-state index contributed by atoms with van der Waals surface area (Å²) >= 11 is 0. The Bertz CT molecular complexity index is 1260. The summed E-state index contributed by atoms with van der Waals surface area (Å²) in [7, 11) is -2.74. The van der Waals surface area contributed by atoms with Crippen LogP contribution in [0.5, 0.6) is 0 Å². The number of rotatable bonds is 2. The molecule has 0 aromatic heterocycles. The Labute approximate surface area is 167 Å². The maximum atomic E-state index is 13.2. The average Bonchev–Trinajstić information content (AvgIpc) is 2.73. The first kappa shape index (κ1) is 18.9. The summed E-state index contributed by atoms with van der Waals surface area (Å²) in [5, 5.41) is 10.9. The van der Waals surface area contributed by atoms with Crippen molar-refractivity contribution in [3.05, 3.63) is 95.4 Å². The number of carbonyl (C=O) groups is 1. The van der Waals surface area contributed by atoms with Crippen molar-refractivity contribution in [2.45, 2.75) is 4.90 Å². The first-order chi connectivity index (χ1) is 13.8. The van der Waals surface area contributed by atoms with Crippen LogP contribution in [-0.4, -0.2) is 30.7 Å². The number of carbonyl (C=O) groups excluding carboxylic acids is 1. The summed E-state index contributed by atoms with van der Waals surface area (Å²) in [6, 6.07) is 18.4. The van der Waals surface area contributed by atoms with E-state index in [0.717, 1.165) is 4.31 Å². The maximum Gasteiger partial charge on any atom is 0.265 e. The molecule has 146 valence electrons. The number of nitrogens with zero attached hydrogens (tertiary/aromatic N) is 1. The van der Waals surface area contributed by atoms with Gasteiger partial charge in [-0.1, -0.05) is 42.5 Å². The molecule has 0 bridgehead atoms. The van der Waals surface area contributed by atoms with Crippen molar-refractivity contribution in [3.63, 3.8) is 0 Å². The fourth-order valence-electron chi connectivity index (χ4n) is 3.30. The van der Waals surface area contributed by atoms with Crippen molar-refractivity contribution in [2.24, 2.45) is 0 Å². The molecule has 3 aromatic carbocycles. The Morgan fingerprint density at radius 2 is 1.62 bits per heavy atom. The van der Waals surface area contributed by atoms with Crippen LogP contribution in [0.15, 0.2) is 83.4 Å². The van der Waals surface area contributed by atoms with Gasteiger partial charge in [-0.15, -0.1) is 0 Å². The number of ketones is 1. The van der Waals surface area contributed by atoms with Crippen LogP contribution in [0.1, 0.15) is 15.9 Å². The van der Waals surface area contributed by atoms with E-state index in [-0.39, 0.29) is 27.5 Å². The monoisotopic (exact) mass is 409 g/mol. The minimum Gasteiger partial charge on any atom is -0.505 e. The van der Waals surface area contributed by atoms with Gasteiger partial charge >= 0.3 is 0 Å². The lowest BCUT2D eigenvalue weighted by molar-refractivity contribution is 0.100. The summed E-state index contributed by atoms with van der Waals surface area (Å²) in [6.07, 6.45) is 0. The summed E-state index contributed by atoms with van der Waals surface area (Å²) < 4.78 is 39.6. The van der Waals surface area contributed by atoms with E-state index < -0.39 is 21.6 Å². The first-order valence-corrected chi connectivity index (χ1v) is 10.2. The van der Waals surface area contributed by atoms with Crippen LogP contribution in [-0.2, 0) is 10.0 Å². The van der Waals surface area contributed by atoms with Crippen LogP contribution in [0.3, 0.4) is 0 Å². The molecule has 5 nitrogen and oxygen atoms in total. The Morgan fingerprint density at radius 3 is 2.34 bits per heavy atom. The van der Waals surface area contributed by atoms with Gasteiger partial charge in [-0.3, -0.25) is 9.10 Å². The number of sulfonamides is 1. The van der Waals surface area contributed by atoms with Crippen LogP contribution in [0.25, 0.3) is 16.9 Å². The molecule has 1 aliphatic rings. The average molecular weight is 409 g/mol. The van der Waals surface area contributed by atoms with Crippen LogP contribution in [0, 0.1) is 5.82 Å². The quantitative estimate of drug-likeness (QED) is 0.508. The highest BCUT2D eigenvalue weighted by atomic mass is 32.2. The van der Waals surface area contributed by atoms with E-state index in [0.29, 0.717) is 11.1 Å². The van der Waals surface area contributed by atoms with Gasteiger partial charge in [-0.25, -0.2) is 12.8 Å². The molecule has 7 heteroatoms. The smallest absolute Gasteiger partial charge is 0.265 e. The van der Waals surface area contributed by atoms with Gasteiger partial charge < -0.3 is 5.11 Å². The number of aliphatic hydroxyl groups excluding tert-OH is 1. The minimum absolute atomic E-state index is 0.0156. The molecule has 0 spiro atoms. The molecule has 0 unspecified atom stereocenters. The molecule has 0 radical (unpaired) electrons. The predicted molar refractivity (Wildman–Crippen MR) is 107 cm³/mol. The Kier molecular flexibility index (Phi) is 4.47. The number of aliphatic hydroxyl groups is 1. The van der Waals surface area contributed by atoms with Gasteiger partial charge in [0, 0.05) is 18.2 Å². The molecule has 1 heterocycles. The van der Waals surface area contributed by atoms with E-state index in [1.807, 2.05) is 0 Å². The highest BCUT2D eigenvalue weighted by Crippen LogP contribution is 2.34. The minimum atomic E-state index is -3.97. The van der Waals surface area contributed by atoms with Gasteiger partial charge in [0.2, 0.25) is 5.78 Å². The molecular formula is C22H16FNO4S. The second-order valence-corrected chi connectivity index (χ2v) is 8.52. The SMILES string of the molecule is CN1C(=C(O)c2cccc(-c3ccc(F)cc3)c2)C(=O)c2ccccc2S1(=O)=O. The van der Waals surface area contributed by atoms with Crippen LogP contribution >= 0.6 is 0 Å². The molecule has 0 saturated heterocycles. The van der Waals surface area contributed by atoms with Crippen molar-refractivity contribution < 1.29 is 22.7 Å². The standard InChI is InChI=1S/C22H16FNO4S/c1-24-20(22(26)18-7-2-3-8-19(18)29(24,27)28)21(25)16-6-4-5-15(13-16)14-9-11-17(23)12-10-14/h2-13,25H,1H3. The number of Topliss-reactive ketones (excluding diaryl/α,β-unsaturated/α-hetero) is 1. The lowest BCUT2D eigenvalue weighted by atomic mass is 10.00. The molecule has 1 N–H and O–H groups in total. The van der Waals surface area contributed by atoms with Crippen molar-refractivity contribution >= 4 is 21.6 Å². The molecule has 0 saturated carbocycles. The third-order valence-electron chi connectivity index (χ3n) is 4.84. The lowest BCUT2D eigenvalue weighted by Gasteiger charge is -2.28. The normalized spacial score (nSPS) is 17.0. The number of hydrogen-bond acceptors (Lipinski definition) is 4. The number of fused-ring (bicyclic) bond motifs is 1. The van der Waals surface area contributed by atoms with Gasteiger partial charge in [-0.05, 0) is 41.5 Å². The number of benzene rings is 3. The molecule has 0 atom stereocenters. The third kappa shape index (κ3) is 3.09. The van der Waals surface area contributed by atoms with Crippen LogP contribution in [0.2, 0.25) is 0 Å². The second kappa shape index (κ2) is 6.86. The third-order valence-corrected chi connectivity index (χ3v) is 6.65. The first-order valence-electron chi connectivity index (χ1n) is 8.73. The maximum absolute atomic E-state index is 13.2. The molecule has 1 aliphatic heterocycles. The lowest BCUT2D eigenvalue weighted by Crippen LogP contribution is -2.37. The van der Waals surface area contributed by atoms with Gasteiger partial charge in [0.05, 0.1) is 4.90 Å². The number of halogens is 1. The molecular weight excluding hydrogens is 393 g/mol. The van der Waals surface area contributed by atoms with E-state index >= 15 is 0 Å². The molecule has 0 fully saturated rings. The molecule has 0 aliphatic carbocycles. The summed E-state index contributed by atoms with van der Waals surface area (Å²) in [4.78, 5) is 12.9. The van der Waals surface area contributed by atoms with Gasteiger partial charge in [-0.2, -0.15) is 0 Å². The van der Waals surface area contributed by atoms with Gasteiger partial charge in [0.1, 0.15) is 11.5 Å². The zero-order chi connectivity index (χ0) is 20.8. The molecule has 0 amide bonds. The largest absolute Gasteiger partial charge is 0.505 e. The summed E-state index contributed by atoms with van der Waals surface area (Å²) in [5.41, 5.74) is 1.37. The van der Waals surface area contributed by atoms with Crippen LogP contribution < -0.4 is 0 Å². The number of hydrogen-bond donors (Lipinski definition) is 1. The topological polar surface area (TPSA) is 74.7 Å². The molecule has 4 rings (SSSR count). The van der Waals surface area contributed by atoms with Gasteiger partial charge in [0.15, 0.2) is 5.76 Å². The second-order valence-electron chi connectivity index (χ2n) is 6.58. The van der Waals surface area contributed by atoms with E-state index in [1.165, 1.54) is 37.4 Å². The van der Waals surface area contributed by atoms with Crippen molar-refractivity contribution in [3.8, 4) is 11.1 Å². The predicted octanol–water partition coefficient (Wildman–Crippen LogP) is 4.24. The Morgan fingerprint density at radius 1 is 0.931 bits per heavy atom. The highest BCUT2D eigenvalue weighted by Gasteiger charge is 2.39. The zero-order valence-electron chi connectivity index (χ0n) is 15.3. The Balaban J connectivity index is 1.87. The molecule has 29 heavy (non-hydrogen) atoms. The Hall–Kier alpha value is -3.45.